The van der Waals surface area contributed by atoms with Crippen LogP contribution in [0.3, 0.4) is 0 Å². The number of nitrogens with one attached hydrogen (secondary N) is 1. The lowest BCUT2D eigenvalue weighted by Crippen LogP contribution is -2.43. The molecule has 0 bridgehead atoms. The molecule has 0 saturated heterocycles. The van der Waals surface area contributed by atoms with Crippen LogP contribution in [0.5, 0.6) is 0 Å². The highest BCUT2D eigenvalue weighted by Crippen LogP contribution is 2.55. The van der Waals surface area contributed by atoms with Crippen molar-refractivity contribution in [1.82, 2.24) is 0 Å². The van der Waals surface area contributed by atoms with Gasteiger partial charge < -0.3 is 5.32 Å². The number of thioether (sulfide) groups is 1. The Morgan fingerprint density at radius 2 is 1.69 bits per heavy atom. The van der Waals surface area contributed by atoms with Crippen molar-refractivity contribution < 1.29 is 18.0 Å². The second kappa shape index (κ2) is 10.2. The molecule has 3 aromatic carbocycles. The number of benzene rings is 3. The minimum Gasteiger partial charge on any atom is -0.325 e. The largest absolute Gasteiger partial charge is 0.416 e. The van der Waals surface area contributed by atoms with E-state index in [4.69, 9.17) is 23.2 Å². The topological polar surface area (TPSA) is 41.5 Å². The summed E-state index contributed by atoms with van der Waals surface area (Å²) in [4.78, 5) is 17.8. The van der Waals surface area contributed by atoms with Crippen molar-refractivity contribution in [2.45, 2.75) is 30.5 Å². The van der Waals surface area contributed by atoms with Crippen molar-refractivity contribution >= 4 is 51.6 Å². The van der Waals surface area contributed by atoms with Crippen LogP contribution >= 0.6 is 35.0 Å². The maximum Gasteiger partial charge on any atom is 0.416 e. The van der Waals surface area contributed by atoms with E-state index in [9.17, 15) is 18.0 Å². The number of aliphatic imine (C=N–C) groups is 1. The molecule has 2 heterocycles. The lowest BCUT2D eigenvalue weighted by Gasteiger charge is -2.38. The Labute approximate surface area is 215 Å². The zero-order chi connectivity index (χ0) is 25.2. The van der Waals surface area contributed by atoms with Crippen molar-refractivity contribution in [3.05, 3.63) is 99.5 Å². The smallest absolute Gasteiger partial charge is 0.325 e. The summed E-state index contributed by atoms with van der Waals surface area (Å²) in [5, 5.41) is 4.79. The van der Waals surface area contributed by atoms with Crippen LogP contribution in [-0.2, 0) is 16.4 Å². The molecule has 3 aromatic rings. The van der Waals surface area contributed by atoms with Crippen molar-refractivity contribution in [2.75, 3.05) is 11.6 Å². The zero-order valence-electron chi connectivity index (χ0n) is 18.6. The Hall–Kier alpha value is -2.48. The highest BCUT2D eigenvalue weighted by Gasteiger charge is 2.55. The normalized spacial score (nSPS) is 21.0. The second-order valence-corrected chi connectivity index (χ2v) is 9.88. The van der Waals surface area contributed by atoms with Crippen molar-refractivity contribution in [3.63, 3.8) is 0 Å². The molecule has 182 valence electrons. The molecule has 35 heavy (non-hydrogen) atoms. The molecule has 9 heteroatoms. The molecule has 0 unspecified atom stereocenters. The lowest BCUT2D eigenvalue weighted by molar-refractivity contribution is -0.139. The number of hydrogen-bond donors (Lipinski definition) is 1. The standard InChI is InChI=1S/C20H16ClF3N2OS.C6H5Cl/c1-28-16-8-9-19(14-7-6-11(21)10-15(14)25-18(19)27)17(26-16)12-4-2-3-5-13(12)20(22,23)24;7-6-4-2-1-3-5-6/h2-7,10,17H,8-9H2,1H3,(H,25,27);1-5H/t17-,19-;/m1./s1. The van der Waals surface area contributed by atoms with E-state index in [-0.39, 0.29) is 11.5 Å². The minimum atomic E-state index is -4.54. The van der Waals surface area contributed by atoms with Crippen LogP contribution in [0.4, 0.5) is 18.9 Å². The fraction of sp³-hybridized carbons (Fsp3) is 0.231. The van der Waals surface area contributed by atoms with E-state index in [1.807, 2.05) is 36.6 Å². The molecule has 0 aromatic heterocycles. The van der Waals surface area contributed by atoms with Gasteiger partial charge in [0.15, 0.2) is 0 Å². The number of amides is 1. The SMILES string of the molecule is CSC1=N[C@H](c2ccccc2C(F)(F)F)[C@]2(CC1)C(=O)Nc1cc(Cl)ccc12.Clc1ccccc1. The lowest BCUT2D eigenvalue weighted by atomic mass is 9.68. The predicted molar refractivity (Wildman–Crippen MR) is 138 cm³/mol. The molecular formula is C26H21Cl2F3N2OS. The Morgan fingerprint density at radius 3 is 2.31 bits per heavy atom. The number of halogens is 5. The summed E-state index contributed by atoms with van der Waals surface area (Å²) in [5.74, 6) is -0.337. The average molecular weight is 537 g/mol. The second-order valence-electron chi connectivity index (χ2n) is 8.13. The van der Waals surface area contributed by atoms with Gasteiger partial charge in [-0.1, -0.05) is 65.7 Å². The number of anilines is 1. The first-order valence-corrected chi connectivity index (χ1v) is 12.7. The quantitative estimate of drug-likeness (QED) is 0.340. The first kappa shape index (κ1) is 25.6. The molecule has 1 amide bonds. The van der Waals surface area contributed by atoms with E-state index in [0.29, 0.717) is 29.1 Å². The van der Waals surface area contributed by atoms with Crippen LogP contribution in [0, 0.1) is 0 Å². The Bertz CT molecular complexity index is 1270. The zero-order valence-corrected chi connectivity index (χ0v) is 20.9. The van der Waals surface area contributed by atoms with E-state index in [1.165, 1.54) is 23.9 Å². The Kier molecular flexibility index (Phi) is 7.50. The third-order valence-electron chi connectivity index (χ3n) is 6.12. The summed E-state index contributed by atoms with van der Waals surface area (Å²) in [6.07, 6.45) is -1.79. The number of alkyl halides is 3. The van der Waals surface area contributed by atoms with E-state index < -0.39 is 23.2 Å². The number of carbonyl (C=O) groups is 1. The molecule has 5 rings (SSSR count). The first-order valence-electron chi connectivity index (χ1n) is 10.8. The van der Waals surface area contributed by atoms with Gasteiger partial charge in [0.25, 0.3) is 0 Å². The predicted octanol–water partition coefficient (Wildman–Crippen LogP) is 8.19. The van der Waals surface area contributed by atoms with Crippen LogP contribution in [0.2, 0.25) is 10.0 Å². The van der Waals surface area contributed by atoms with Crippen molar-refractivity contribution in [1.29, 1.82) is 0 Å². The number of fused-ring (bicyclic) bond motifs is 2. The van der Waals surface area contributed by atoms with Crippen LogP contribution in [0.15, 0.2) is 77.8 Å². The molecule has 1 N–H and O–H groups in total. The van der Waals surface area contributed by atoms with Crippen molar-refractivity contribution in [2.24, 2.45) is 4.99 Å². The summed E-state index contributed by atoms with van der Waals surface area (Å²) in [6, 6.07) is 18.8. The summed E-state index contributed by atoms with van der Waals surface area (Å²) in [7, 11) is 0. The molecular weight excluding hydrogens is 516 g/mol. The van der Waals surface area contributed by atoms with Gasteiger partial charge in [0.1, 0.15) is 5.41 Å². The number of carbonyl (C=O) groups excluding carboxylic acids is 1. The Morgan fingerprint density at radius 1 is 1.00 bits per heavy atom. The van der Waals surface area contributed by atoms with Crippen molar-refractivity contribution in [3.8, 4) is 0 Å². The maximum atomic E-state index is 13.7. The fourth-order valence-electron chi connectivity index (χ4n) is 4.54. The van der Waals surface area contributed by atoms with Crippen LogP contribution in [-0.4, -0.2) is 17.2 Å². The van der Waals surface area contributed by atoms with Gasteiger partial charge in [0, 0.05) is 15.7 Å². The molecule has 2 aliphatic heterocycles. The van der Waals surface area contributed by atoms with E-state index in [1.54, 1.807) is 24.3 Å². The molecule has 0 saturated carbocycles. The molecule has 2 aliphatic rings. The molecule has 3 nitrogen and oxygen atoms in total. The first-order chi connectivity index (χ1) is 16.7. The van der Waals surface area contributed by atoms with E-state index in [2.05, 4.69) is 10.3 Å². The third-order valence-corrected chi connectivity index (χ3v) is 7.39. The van der Waals surface area contributed by atoms with Crippen LogP contribution < -0.4 is 5.32 Å². The Balaban J connectivity index is 0.000000356. The summed E-state index contributed by atoms with van der Waals surface area (Å²) >= 11 is 13.0. The van der Waals surface area contributed by atoms with Gasteiger partial charge in [-0.25, -0.2) is 0 Å². The molecule has 0 fully saturated rings. The minimum absolute atomic E-state index is 0.0131. The average Bonchev–Trinajstić information content (AvgIpc) is 3.10. The summed E-state index contributed by atoms with van der Waals surface area (Å²) < 4.78 is 41.2. The van der Waals surface area contributed by atoms with Gasteiger partial charge in [0.2, 0.25) is 5.91 Å². The summed E-state index contributed by atoms with van der Waals surface area (Å²) in [5.41, 5.74) is -0.761. The summed E-state index contributed by atoms with van der Waals surface area (Å²) in [6.45, 7) is 0. The monoisotopic (exact) mass is 536 g/mol. The molecule has 0 radical (unpaired) electrons. The molecule has 0 aliphatic carbocycles. The number of hydrogen-bond acceptors (Lipinski definition) is 3. The fourth-order valence-corrected chi connectivity index (χ4v) is 5.38. The highest BCUT2D eigenvalue weighted by atomic mass is 35.5. The number of nitrogens with zero attached hydrogens (tertiary/aromatic N) is 1. The molecule has 2 atom stereocenters. The van der Waals surface area contributed by atoms with Gasteiger partial charge >= 0.3 is 6.18 Å². The van der Waals surface area contributed by atoms with E-state index >= 15 is 0 Å². The van der Waals surface area contributed by atoms with Gasteiger partial charge in [-0.05, 0) is 60.6 Å². The third kappa shape index (κ3) is 5.08. The van der Waals surface area contributed by atoms with Gasteiger partial charge in [-0.2, -0.15) is 13.2 Å². The van der Waals surface area contributed by atoms with Crippen LogP contribution in [0.25, 0.3) is 0 Å². The highest BCUT2D eigenvalue weighted by molar-refractivity contribution is 8.13. The number of rotatable bonds is 1. The maximum absolute atomic E-state index is 13.7. The molecule has 1 spiro atoms. The van der Waals surface area contributed by atoms with Gasteiger partial charge in [0.05, 0.1) is 16.6 Å². The van der Waals surface area contributed by atoms with Crippen LogP contribution in [0.1, 0.15) is 35.6 Å². The van der Waals surface area contributed by atoms with Gasteiger partial charge in [-0.15, -0.1) is 11.8 Å². The van der Waals surface area contributed by atoms with Gasteiger partial charge in [-0.3, -0.25) is 9.79 Å². The van der Waals surface area contributed by atoms with E-state index in [0.717, 1.165) is 16.1 Å².